The lowest BCUT2D eigenvalue weighted by Crippen LogP contribution is -2.44. The third-order valence-corrected chi connectivity index (χ3v) is 11.4. The van der Waals surface area contributed by atoms with Crippen molar-refractivity contribution in [2.45, 2.75) is 12.8 Å². The van der Waals surface area contributed by atoms with Crippen LogP contribution in [0.5, 0.6) is 5.75 Å². The maximum atomic E-state index is 13.2. The summed E-state index contributed by atoms with van der Waals surface area (Å²) >= 11 is 0. The van der Waals surface area contributed by atoms with Gasteiger partial charge in [0.1, 0.15) is 28.8 Å². The Labute approximate surface area is 372 Å². The van der Waals surface area contributed by atoms with Crippen LogP contribution in [0.2, 0.25) is 0 Å². The zero-order valence-corrected chi connectivity index (χ0v) is 36.3. The summed E-state index contributed by atoms with van der Waals surface area (Å²) in [5, 5.41) is 8.22. The molecule has 4 amide bonds. The molecule has 6 heterocycles. The van der Waals surface area contributed by atoms with Crippen molar-refractivity contribution in [3.8, 4) is 28.5 Å². The average molecular weight is 877 g/mol. The number of hydrogen-bond acceptors (Lipinski definition) is 10. The summed E-state index contributed by atoms with van der Waals surface area (Å²) in [5.41, 5.74) is 13.3. The highest BCUT2D eigenvalue weighted by Gasteiger charge is 2.20. The number of nitrogens with two attached hydrogens (primary N) is 1. The van der Waals surface area contributed by atoms with Gasteiger partial charge in [0.2, 0.25) is 11.7 Å². The van der Waals surface area contributed by atoms with Gasteiger partial charge in [-0.2, -0.15) is 0 Å². The largest absolute Gasteiger partial charge is 0.494 e. The first-order valence-corrected chi connectivity index (χ1v) is 21.1. The van der Waals surface area contributed by atoms with Crippen LogP contribution >= 0.6 is 0 Å². The zero-order valence-electron chi connectivity index (χ0n) is 36.3. The highest BCUT2D eigenvalue weighted by molar-refractivity contribution is 6.07. The van der Waals surface area contributed by atoms with Crippen molar-refractivity contribution in [2.24, 2.45) is 26.9 Å². The maximum Gasteiger partial charge on any atom is 0.291 e. The summed E-state index contributed by atoms with van der Waals surface area (Å²) in [4.78, 5) is 76.4. The molecule has 0 saturated carbocycles. The number of likely N-dealkylation sites (N-methyl/N-ethyl adjacent to an activating group) is 1. The van der Waals surface area contributed by atoms with Crippen LogP contribution in [0.15, 0.2) is 91.4 Å². The first-order chi connectivity index (χ1) is 31.3. The maximum absolute atomic E-state index is 13.2. The Balaban J connectivity index is 0.758. The average Bonchev–Trinajstić information content (AvgIpc) is 4.13. The standard InChI is InChI=1S/C46H48N14O5/c1-56-14-16-60(17-15-56)31-11-13-34-36(23-31)53-43(51-34)28-10-12-33-35(20-28)52-42(50-33)27-7-5-8-32(19-27)65-18-6-9-40(61)54-39-26-59(4)44(55-39)46(64)49-30-22-38(58(3)25-30)45(63)48-29-21-37(41(47)62)57(2)24-29/h5,7-8,10-13,19-26H,6,9,14-18H2,1-4H3,(H2,47,62)(H,48,63)(H,49,64)(H,50,52)(H,51,53)(H,54,61). The first kappa shape index (κ1) is 42.1. The minimum Gasteiger partial charge on any atom is -0.494 e. The second-order valence-corrected chi connectivity index (χ2v) is 16.2. The van der Waals surface area contributed by atoms with Gasteiger partial charge in [0, 0.05) is 89.1 Å². The molecule has 0 aliphatic carbocycles. The van der Waals surface area contributed by atoms with Gasteiger partial charge >= 0.3 is 0 Å². The van der Waals surface area contributed by atoms with Crippen LogP contribution in [0.1, 0.15) is 44.4 Å². The number of fused-ring (bicyclic) bond motifs is 2. The molecule has 0 unspecified atom stereocenters. The van der Waals surface area contributed by atoms with E-state index in [1.54, 1.807) is 44.3 Å². The van der Waals surface area contributed by atoms with Gasteiger partial charge in [-0.15, -0.1) is 0 Å². The van der Waals surface area contributed by atoms with Gasteiger partial charge in [0.25, 0.3) is 17.7 Å². The second kappa shape index (κ2) is 17.5. The molecule has 0 atom stereocenters. The van der Waals surface area contributed by atoms with E-state index in [2.05, 4.69) is 72.0 Å². The molecule has 7 N–H and O–H groups in total. The number of nitrogens with one attached hydrogen (secondary N) is 5. The SMILES string of the molecule is CN1CCN(c2ccc3nc(-c4ccc5nc(-c6cccc(OCCCC(=O)Nc7cn(C)c(C(=O)Nc8cc(C(=O)Nc9cc(C(N)=O)n(C)c9)n(C)c8)n7)c6)[nH]c5c4)[nH]c3c2)CC1. The highest BCUT2D eigenvalue weighted by atomic mass is 16.5. The molecule has 0 radical (unpaired) electrons. The van der Waals surface area contributed by atoms with E-state index >= 15 is 0 Å². The van der Waals surface area contributed by atoms with Gasteiger partial charge < -0.3 is 59.9 Å². The third-order valence-electron chi connectivity index (χ3n) is 11.4. The van der Waals surface area contributed by atoms with Gasteiger partial charge in [-0.3, -0.25) is 19.2 Å². The molecule has 1 aliphatic rings. The Hall–Kier alpha value is -8.19. The van der Waals surface area contributed by atoms with Crippen molar-refractivity contribution in [1.82, 2.24) is 43.5 Å². The van der Waals surface area contributed by atoms with Crippen molar-refractivity contribution in [1.29, 1.82) is 0 Å². The lowest BCUT2D eigenvalue weighted by atomic mass is 10.2. The van der Waals surface area contributed by atoms with Crippen molar-refractivity contribution < 1.29 is 23.9 Å². The van der Waals surface area contributed by atoms with Crippen molar-refractivity contribution in [3.63, 3.8) is 0 Å². The van der Waals surface area contributed by atoms with Gasteiger partial charge in [-0.25, -0.2) is 15.0 Å². The molecule has 65 heavy (non-hydrogen) atoms. The van der Waals surface area contributed by atoms with Crippen LogP contribution < -0.4 is 31.3 Å². The number of carbonyl (C=O) groups excluding carboxylic acids is 4. The number of aromatic nitrogens is 8. The smallest absolute Gasteiger partial charge is 0.291 e. The van der Waals surface area contributed by atoms with Crippen LogP contribution in [-0.4, -0.2) is 107 Å². The van der Waals surface area contributed by atoms with E-state index in [9.17, 15) is 19.2 Å². The Morgan fingerprint density at radius 2 is 1.32 bits per heavy atom. The summed E-state index contributed by atoms with van der Waals surface area (Å²) < 4.78 is 10.6. The van der Waals surface area contributed by atoms with Gasteiger partial charge in [0.05, 0.1) is 40.0 Å². The lowest BCUT2D eigenvalue weighted by Gasteiger charge is -2.34. The Bertz CT molecular complexity index is 3110. The number of piperazine rings is 1. The fourth-order valence-electron chi connectivity index (χ4n) is 7.91. The molecule has 5 aromatic heterocycles. The number of rotatable bonds is 14. The van der Waals surface area contributed by atoms with Crippen molar-refractivity contribution >= 4 is 68.6 Å². The molecule has 9 rings (SSSR count). The number of H-pyrrole nitrogens is 2. The van der Waals surface area contributed by atoms with Gasteiger partial charge in [-0.05, 0) is 74.1 Å². The number of carbonyl (C=O) groups is 4. The topological polar surface area (TPSA) is 231 Å². The van der Waals surface area contributed by atoms with E-state index in [0.29, 0.717) is 36.0 Å². The first-order valence-electron chi connectivity index (χ1n) is 21.1. The molecule has 3 aromatic carbocycles. The number of aromatic amines is 2. The predicted octanol–water partition coefficient (Wildman–Crippen LogP) is 5.34. The van der Waals surface area contributed by atoms with Crippen LogP contribution in [0.3, 0.4) is 0 Å². The number of nitrogens with zero attached hydrogens (tertiary/aromatic N) is 8. The number of amides is 4. The van der Waals surface area contributed by atoms with E-state index in [1.165, 1.54) is 27.0 Å². The number of primary amides is 1. The number of aryl methyl sites for hydroxylation is 3. The summed E-state index contributed by atoms with van der Waals surface area (Å²) in [6.45, 7) is 4.39. The summed E-state index contributed by atoms with van der Waals surface area (Å²) in [5.74, 6) is 0.502. The minimum absolute atomic E-state index is 0.0490. The van der Waals surface area contributed by atoms with E-state index in [4.69, 9.17) is 20.4 Å². The van der Waals surface area contributed by atoms with E-state index < -0.39 is 17.7 Å². The normalized spacial score (nSPS) is 13.1. The predicted molar refractivity (Wildman–Crippen MR) is 248 cm³/mol. The number of imidazole rings is 3. The molecule has 1 saturated heterocycles. The molecule has 1 fully saturated rings. The summed E-state index contributed by atoms with van der Waals surface area (Å²) in [6, 6.07) is 23.1. The van der Waals surface area contributed by atoms with Gasteiger partial charge in [-0.1, -0.05) is 12.1 Å². The Morgan fingerprint density at radius 3 is 2.03 bits per heavy atom. The molecule has 0 spiro atoms. The molecule has 332 valence electrons. The van der Waals surface area contributed by atoms with Gasteiger partial charge in [0.15, 0.2) is 5.82 Å². The van der Waals surface area contributed by atoms with E-state index in [-0.39, 0.29) is 35.4 Å². The molecule has 1 aliphatic heterocycles. The highest BCUT2D eigenvalue weighted by Crippen LogP contribution is 2.30. The van der Waals surface area contributed by atoms with Crippen LogP contribution in [0, 0.1) is 0 Å². The third kappa shape index (κ3) is 9.16. The van der Waals surface area contributed by atoms with Crippen molar-refractivity contribution in [2.75, 3.05) is 60.7 Å². The lowest BCUT2D eigenvalue weighted by molar-refractivity contribution is -0.116. The zero-order chi connectivity index (χ0) is 45.4. The van der Waals surface area contributed by atoms with Crippen LogP contribution in [0.25, 0.3) is 44.8 Å². The van der Waals surface area contributed by atoms with Crippen LogP contribution in [0.4, 0.5) is 22.9 Å². The fourth-order valence-corrected chi connectivity index (χ4v) is 7.91. The Kier molecular flexibility index (Phi) is 11.4. The molecular formula is C46H48N14O5. The van der Waals surface area contributed by atoms with Crippen molar-refractivity contribution in [3.05, 3.63) is 109 Å². The number of ether oxygens (including phenoxy) is 1. The Morgan fingerprint density at radius 1 is 0.677 bits per heavy atom. The number of anilines is 4. The minimum atomic E-state index is -0.621. The second-order valence-electron chi connectivity index (χ2n) is 16.2. The molecule has 19 nitrogen and oxygen atoms in total. The van der Waals surface area contributed by atoms with E-state index in [1.807, 2.05) is 36.4 Å². The molecule has 0 bridgehead atoms. The molecule has 8 aromatic rings. The fraction of sp³-hybridized carbons (Fsp3) is 0.239. The summed E-state index contributed by atoms with van der Waals surface area (Å²) in [7, 11) is 7.10. The van der Waals surface area contributed by atoms with Crippen LogP contribution in [-0.2, 0) is 25.9 Å². The van der Waals surface area contributed by atoms with E-state index in [0.717, 1.165) is 65.2 Å². The number of hydrogen-bond donors (Lipinski definition) is 6. The quantitative estimate of drug-likeness (QED) is 0.0769. The molecule has 19 heteroatoms. The monoisotopic (exact) mass is 876 g/mol. The molecular weight excluding hydrogens is 829 g/mol. The number of benzene rings is 3. The summed E-state index contributed by atoms with van der Waals surface area (Å²) in [6.07, 6.45) is 5.29.